The molecule has 2 heterocycles. The van der Waals surface area contributed by atoms with Gasteiger partial charge in [0.25, 0.3) is 0 Å². The van der Waals surface area contributed by atoms with Gasteiger partial charge >= 0.3 is 0 Å². The van der Waals surface area contributed by atoms with Crippen LogP contribution in [0.15, 0.2) is 0 Å². The maximum Gasteiger partial charge on any atom is 0.0617 e. The van der Waals surface area contributed by atoms with Gasteiger partial charge in [0.2, 0.25) is 0 Å². The SMILES string of the molecule is CC(C)C1CC(C)(C)C2CC3OC(C(C)C)CC(C)(C)C3CC2O1. The largest absolute Gasteiger partial charge is 0.374 e. The van der Waals surface area contributed by atoms with E-state index in [0.717, 1.165) is 0 Å². The predicted octanol–water partition coefficient (Wildman–Crippen LogP) is 5.69. The number of hydrogen-bond acceptors (Lipinski definition) is 2. The van der Waals surface area contributed by atoms with Crippen molar-refractivity contribution >= 4 is 0 Å². The number of ether oxygens (including phenoxy) is 2. The van der Waals surface area contributed by atoms with Crippen LogP contribution >= 0.6 is 0 Å². The van der Waals surface area contributed by atoms with Crippen LogP contribution in [0.1, 0.15) is 81.1 Å². The first-order valence-corrected chi connectivity index (χ1v) is 10.3. The molecule has 0 radical (unpaired) electrons. The summed E-state index contributed by atoms with van der Waals surface area (Å²) in [5.41, 5.74) is 0.724. The molecule has 2 nitrogen and oxygen atoms in total. The Kier molecular flexibility index (Phi) is 4.88. The molecule has 6 atom stereocenters. The first kappa shape index (κ1) is 18.7. The minimum atomic E-state index is 0.362. The molecule has 1 saturated carbocycles. The Hall–Kier alpha value is -0.0800. The lowest BCUT2D eigenvalue weighted by atomic mass is 9.56. The van der Waals surface area contributed by atoms with Crippen LogP contribution in [0.2, 0.25) is 0 Å². The summed E-state index contributed by atoms with van der Waals surface area (Å²) in [5.74, 6) is 2.53. The summed E-state index contributed by atoms with van der Waals surface area (Å²) < 4.78 is 13.3. The average Bonchev–Trinajstić information content (AvgIpc) is 2.44. The fraction of sp³-hybridized carbons (Fsp3) is 1.00. The summed E-state index contributed by atoms with van der Waals surface area (Å²) in [6.45, 7) is 19.1. The summed E-state index contributed by atoms with van der Waals surface area (Å²) in [5, 5.41) is 0. The molecule has 0 aromatic carbocycles. The second kappa shape index (κ2) is 6.27. The van der Waals surface area contributed by atoms with Crippen LogP contribution in [0, 0.1) is 34.5 Å². The summed E-state index contributed by atoms with van der Waals surface area (Å²) in [6.07, 6.45) is 6.49. The molecule has 3 aliphatic rings. The smallest absolute Gasteiger partial charge is 0.0617 e. The van der Waals surface area contributed by atoms with E-state index in [1.807, 2.05) is 0 Å². The van der Waals surface area contributed by atoms with E-state index < -0.39 is 0 Å². The normalized spacial score (nSPS) is 44.2. The lowest BCUT2D eigenvalue weighted by Gasteiger charge is -2.58. The first-order chi connectivity index (χ1) is 11.0. The molecule has 3 rings (SSSR count). The van der Waals surface area contributed by atoms with Gasteiger partial charge in [0.05, 0.1) is 24.4 Å². The Morgan fingerprint density at radius 1 is 0.667 bits per heavy atom. The van der Waals surface area contributed by atoms with Crippen molar-refractivity contribution in [2.24, 2.45) is 34.5 Å². The van der Waals surface area contributed by atoms with Gasteiger partial charge in [0.1, 0.15) is 0 Å². The highest BCUT2D eigenvalue weighted by Gasteiger charge is 2.55. The van der Waals surface area contributed by atoms with Gasteiger partial charge in [-0.2, -0.15) is 0 Å². The van der Waals surface area contributed by atoms with Crippen LogP contribution in [0.4, 0.5) is 0 Å². The minimum absolute atomic E-state index is 0.362. The van der Waals surface area contributed by atoms with Crippen molar-refractivity contribution in [2.75, 3.05) is 0 Å². The van der Waals surface area contributed by atoms with Crippen LogP contribution < -0.4 is 0 Å². The fourth-order valence-corrected chi connectivity index (χ4v) is 5.75. The van der Waals surface area contributed by atoms with Gasteiger partial charge < -0.3 is 9.47 Å². The lowest BCUT2D eigenvalue weighted by Crippen LogP contribution is -2.58. The number of hydrogen-bond donors (Lipinski definition) is 0. The van der Waals surface area contributed by atoms with Gasteiger partial charge in [-0.3, -0.25) is 0 Å². The second-order valence-electron chi connectivity index (χ2n) is 11.0. The Morgan fingerprint density at radius 3 is 1.29 bits per heavy atom. The molecule has 2 heteroatoms. The number of rotatable bonds is 2. The standard InChI is InChI=1S/C22H40O2/c1-13(2)19-11-21(5,6)15-10-18-16(9-17(15)23-19)22(7,8)12-20(24-18)14(3)4/h13-20H,9-12H2,1-8H3. The molecular formula is C22H40O2. The summed E-state index contributed by atoms with van der Waals surface area (Å²) >= 11 is 0. The van der Waals surface area contributed by atoms with Crippen molar-refractivity contribution in [3.8, 4) is 0 Å². The van der Waals surface area contributed by atoms with Crippen molar-refractivity contribution in [3.63, 3.8) is 0 Å². The third kappa shape index (κ3) is 3.30. The predicted molar refractivity (Wildman–Crippen MR) is 100 cm³/mol. The monoisotopic (exact) mass is 336 g/mol. The first-order valence-electron chi connectivity index (χ1n) is 10.3. The fourth-order valence-electron chi connectivity index (χ4n) is 5.75. The maximum absolute atomic E-state index is 6.65. The average molecular weight is 337 g/mol. The van der Waals surface area contributed by atoms with E-state index in [0.29, 0.717) is 58.9 Å². The molecule has 140 valence electrons. The summed E-state index contributed by atoms with van der Waals surface area (Å²) in [6, 6.07) is 0. The van der Waals surface area contributed by atoms with Crippen molar-refractivity contribution in [1.29, 1.82) is 0 Å². The summed E-state index contributed by atoms with van der Waals surface area (Å²) in [4.78, 5) is 0. The molecule has 0 bridgehead atoms. The van der Waals surface area contributed by atoms with Crippen molar-refractivity contribution in [2.45, 2.75) is 105 Å². The molecule has 0 spiro atoms. The van der Waals surface area contributed by atoms with E-state index in [1.165, 1.54) is 25.7 Å². The van der Waals surface area contributed by atoms with E-state index in [2.05, 4.69) is 55.4 Å². The Bertz CT molecular complexity index is 409. The minimum Gasteiger partial charge on any atom is -0.374 e. The van der Waals surface area contributed by atoms with E-state index in [9.17, 15) is 0 Å². The van der Waals surface area contributed by atoms with E-state index >= 15 is 0 Å². The van der Waals surface area contributed by atoms with Crippen LogP contribution in [0.5, 0.6) is 0 Å². The van der Waals surface area contributed by atoms with Gasteiger partial charge in [-0.1, -0.05) is 55.4 Å². The third-order valence-corrected chi connectivity index (χ3v) is 7.52. The van der Waals surface area contributed by atoms with Crippen LogP contribution in [0.25, 0.3) is 0 Å². The van der Waals surface area contributed by atoms with E-state index in [4.69, 9.17) is 9.47 Å². The van der Waals surface area contributed by atoms with E-state index in [1.54, 1.807) is 0 Å². The number of fused-ring (bicyclic) bond motifs is 2. The molecule has 6 unspecified atom stereocenters. The highest BCUT2D eigenvalue weighted by molar-refractivity contribution is 5.03. The molecule has 1 aliphatic carbocycles. The molecule has 0 aromatic rings. The molecule has 0 amide bonds. The lowest BCUT2D eigenvalue weighted by molar-refractivity contribution is -0.237. The zero-order valence-corrected chi connectivity index (χ0v) is 17.3. The van der Waals surface area contributed by atoms with Gasteiger partial charge in [-0.25, -0.2) is 0 Å². The molecule has 0 aromatic heterocycles. The Labute approximate surface area is 150 Å². The van der Waals surface area contributed by atoms with Gasteiger partial charge in [0, 0.05) is 0 Å². The molecule has 24 heavy (non-hydrogen) atoms. The van der Waals surface area contributed by atoms with E-state index in [-0.39, 0.29) is 0 Å². The van der Waals surface area contributed by atoms with Gasteiger partial charge in [-0.15, -0.1) is 0 Å². The van der Waals surface area contributed by atoms with Gasteiger partial charge in [0.15, 0.2) is 0 Å². The third-order valence-electron chi connectivity index (χ3n) is 7.52. The Balaban J connectivity index is 1.82. The van der Waals surface area contributed by atoms with Crippen molar-refractivity contribution in [3.05, 3.63) is 0 Å². The molecule has 3 fully saturated rings. The molecular weight excluding hydrogens is 296 g/mol. The quantitative estimate of drug-likeness (QED) is 0.644. The molecule has 2 saturated heterocycles. The second-order valence-corrected chi connectivity index (χ2v) is 11.0. The zero-order valence-electron chi connectivity index (χ0n) is 17.3. The van der Waals surface area contributed by atoms with Crippen LogP contribution in [0.3, 0.4) is 0 Å². The highest BCUT2D eigenvalue weighted by atomic mass is 16.5. The maximum atomic E-state index is 6.65. The Morgan fingerprint density at radius 2 is 1.00 bits per heavy atom. The van der Waals surface area contributed by atoms with Crippen LogP contribution in [-0.2, 0) is 9.47 Å². The van der Waals surface area contributed by atoms with Crippen molar-refractivity contribution in [1.82, 2.24) is 0 Å². The zero-order chi connectivity index (χ0) is 17.9. The highest BCUT2D eigenvalue weighted by Crippen LogP contribution is 2.56. The topological polar surface area (TPSA) is 18.5 Å². The molecule has 2 aliphatic heterocycles. The summed E-state index contributed by atoms with van der Waals surface area (Å²) in [7, 11) is 0. The van der Waals surface area contributed by atoms with Crippen molar-refractivity contribution < 1.29 is 9.47 Å². The molecule has 0 N–H and O–H groups in total. The van der Waals surface area contributed by atoms with Gasteiger partial charge in [-0.05, 0) is 60.2 Å². The van der Waals surface area contributed by atoms with Crippen LogP contribution in [-0.4, -0.2) is 24.4 Å².